The Labute approximate surface area is 404 Å². The summed E-state index contributed by atoms with van der Waals surface area (Å²) in [6, 6.07) is 18.0. The SMILES string of the molecule is CCCCCCCCCCCCCCCCCCCCCCCCCCCC#CC1=C(c2cccc(CCCCC)c2)[N+](=[N-])C(c2cccc(CCCCC)c2)=C1CCCCCCCC. The standard InChI is InChI=1S/C63H102N2/c1-5-9-13-15-17-18-19-20-21-22-23-24-25-26-27-28-29-30-31-32-33-34-35-36-37-39-43-53-61-60(52-42-38-16-14-10-6-2)62(58-50-44-48-56(54-58)46-40-11-7-3)65(64)63(61)59-51-45-49-57(55-59)47-41-12-8-4/h44-45,48-51,54-55H,5-42,46-47,52H2,1-4H3. The summed E-state index contributed by atoms with van der Waals surface area (Å²) in [5, 5.41) is 0. The first kappa shape index (κ1) is 56.4. The van der Waals surface area contributed by atoms with Crippen LogP contribution in [0.3, 0.4) is 0 Å². The Balaban J connectivity index is 1.46. The maximum Gasteiger partial charge on any atom is 0.223 e. The van der Waals surface area contributed by atoms with Gasteiger partial charge in [-0.2, -0.15) is 0 Å². The van der Waals surface area contributed by atoms with E-state index in [0.717, 1.165) is 66.6 Å². The van der Waals surface area contributed by atoms with Crippen LogP contribution in [0, 0.1) is 11.8 Å². The summed E-state index contributed by atoms with van der Waals surface area (Å²) >= 11 is 0. The predicted molar refractivity (Wildman–Crippen MR) is 288 cm³/mol. The van der Waals surface area contributed by atoms with E-state index < -0.39 is 0 Å². The van der Waals surface area contributed by atoms with Crippen LogP contribution in [-0.4, -0.2) is 4.70 Å². The van der Waals surface area contributed by atoms with Crippen LogP contribution in [-0.2, 0) is 12.8 Å². The molecule has 1 heterocycles. The van der Waals surface area contributed by atoms with Gasteiger partial charge in [0.05, 0.1) is 0 Å². The lowest BCUT2D eigenvalue weighted by Gasteiger charge is -2.11. The van der Waals surface area contributed by atoms with Crippen molar-refractivity contribution in [3.05, 3.63) is 87.5 Å². The summed E-state index contributed by atoms with van der Waals surface area (Å²) in [5.41, 5.74) is 21.4. The third kappa shape index (κ3) is 25.1. The Morgan fingerprint density at radius 2 is 0.692 bits per heavy atom. The van der Waals surface area contributed by atoms with E-state index in [9.17, 15) is 5.53 Å². The van der Waals surface area contributed by atoms with Crippen LogP contribution in [0.2, 0.25) is 0 Å². The van der Waals surface area contributed by atoms with Crippen molar-refractivity contribution < 1.29 is 4.70 Å². The Kier molecular flexibility index (Phi) is 33.9. The molecule has 0 saturated carbocycles. The third-order valence-electron chi connectivity index (χ3n) is 14.2. The summed E-state index contributed by atoms with van der Waals surface area (Å²) in [5.74, 6) is 7.39. The molecule has 0 aliphatic carbocycles. The van der Waals surface area contributed by atoms with Gasteiger partial charge in [0.1, 0.15) is 5.57 Å². The van der Waals surface area contributed by atoms with Crippen LogP contribution in [0.15, 0.2) is 59.7 Å². The molecule has 0 fully saturated rings. The number of nitrogens with zero attached hydrogens (tertiary/aromatic N) is 2. The van der Waals surface area contributed by atoms with Crippen molar-refractivity contribution >= 4 is 11.4 Å². The second kappa shape index (κ2) is 39.1. The molecule has 0 bridgehead atoms. The summed E-state index contributed by atoms with van der Waals surface area (Å²) < 4.78 is 1.54. The third-order valence-corrected chi connectivity index (χ3v) is 14.2. The van der Waals surface area contributed by atoms with Gasteiger partial charge in [0.25, 0.3) is 0 Å². The van der Waals surface area contributed by atoms with Crippen molar-refractivity contribution in [1.82, 2.24) is 0 Å². The molecule has 1 aliphatic rings. The predicted octanol–water partition coefficient (Wildman–Crippen LogP) is 21.2. The highest BCUT2D eigenvalue weighted by Crippen LogP contribution is 2.43. The minimum atomic E-state index is 0.886. The fourth-order valence-electron chi connectivity index (χ4n) is 10.0. The first-order valence-corrected chi connectivity index (χ1v) is 28.8. The number of unbranched alkanes of at least 4 members (excludes halogenated alkanes) is 34. The molecule has 0 saturated heterocycles. The molecular formula is C63H102N2. The van der Waals surface area contributed by atoms with Crippen LogP contribution in [0.5, 0.6) is 0 Å². The monoisotopic (exact) mass is 887 g/mol. The Morgan fingerprint density at radius 3 is 1.09 bits per heavy atom. The van der Waals surface area contributed by atoms with Crippen LogP contribution in [0.4, 0.5) is 0 Å². The van der Waals surface area contributed by atoms with Crippen LogP contribution < -0.4 is 0 Å². The minimum absolute atomic E-state index is 0.886. The summed E-state index contributed by atoms with van der Waals surface area (Å²) in [6.45, 7) is 9.15. The fourth-order valence-corrected chi connectivity index (χ4v) is 10.0. The smallest absolute Gasteiger partial charge is 0.223 e. The van der Waals surface area contributed by atoms with Crippen molar-refractivity contribution in [1.29, 1.82) is 0 Å². The van der Waals surface area contributed by atoms with Crippen LogP contribution in [0.1, 0.15) is 300 Å². The second-order valence-electron chi connectivity index (χ2n) is 20.2. The number of aryl methyl sites for hydroxylation is 2. The summed E-state index contributed by atoms with van der Waals surface area (Å²) in [6.07, 6.45) is 54.4. The van der Waals surface area contributed by atoms with E-state index in [0.29, 0.717) is 0 Å². The van der Waals surface area contributed by atoms with Gasteiger partial charge in [-0.05, 0) is 80.3 Å². The molecule has 0 aromatic heterocycles. The Hall–Kier alpha value is -2.92. The van der Waals surface area contributed by atoms with Crippen molar-refractivity contribution in [2.24, 2.45) is 0 Å². The van der Waals surface area contributed by atoms with Gasteiger partial charge in [-0.25, -0.2) is 4.70 Å². The summed E-state index contributed by atoms with van der Waals surface area (Å²) in [7, 11) is 0. The van der Waals surface area contributed by atoms with E-state index in [4.69, 9.17) is 0 Å². The molecule has 0 radical (unpaired) electrons. The van der Waals surface area contributed by atoms with Crippen molar-refractivity contribution in [2.75, 3.05) is 0 Å². The average molecular weight is 888 g/mol. The molecule has 2 aromatic carbocycles. The Morgan fingerprint density at radius 1 is 0.369 bits per heavy atom. The highest BCUT2D eigenvalue weighted by atomic mass is 15.2. The molecule has 2 aromatic rings. The van der Waals surface area contributed by atoms with Crippen LogP contribution >= 0.6 is 0 Å². The van der Waals surface area contributed by atoms with Gasteiger partial charge >= 0.3 is 0 Å². The number of allylic oxidation sites excluding steroid dienone is 2. The molecule has 0 spiro atoms. The van der Waals surface area contributed by atoms with Gasteiger partial charge in [0.2, 0.25) is 11.4 Å². The maximum atomic E-state index is 12.3. The van der Waals surface area contributed by atoms with Crippen molar-refractivity contribution in [2.45, 2.75) is 291 Å². The van der Waals surface area contributed by atoms with Crippen molar-refractivity contribution in [3.63, 3.8) is 0 Å². The topological polar surface area (TPSA) is 25.3 Å². The van der Waals surface area contributed by atoms with Gasteiger partial charge in [0.15, 0.2) is 0 Å². The molecule has 364 valence electrons. The quantitative estimate of drug-likeness (QED) is 0.0361. The molecule has 2 heteroatoms. The molecule has 3 rings (SSSR count). The van der Waals surface area contributed by atoms with Crippen LogP contribution in [0.25, 0.3) is 16.9 Å². The van der Waals surface area contributed by atoms with Crippen molar-refractivity contribution in [3.8, 4) is 11.8 Å². The van der Waals surface area contributed by atoms with Gasteiger partial charge in [-0.1, -0.05) is 276 Å². The molecule has 0 atom stereocenters. The molecule has 0 amide bonds. The first-order valence-electron chi connectivity index (χ1n) is 28.8. The van der Waals surface area contributed by atoms with E-state index >= 15 is 0 Å². The number of rotatable bonds is 42. The maximum absolute atomic E-state index is 12.3. The number of benzene rings is 2. The first-order chi connectivity index (χ1) is 32.1. The minimum Gasteiger partial charge on any atom is -0.493 e. The molecule has 0 unspecified atom stereocenters. The highest BCUT2D eigenvalue weighted by molar-refractivity contribution is 5.85. The molecule has 0 N–H and O–H groups in total. The fraction of sp³-hybridized carbons (Fsp3) is 0.714. The normalized spacial score (nSPS) is 12.8. The van der Waals surface area contributed by atoms with E-state index in [2.05, 4.69) is 88.1 Å². The molecule has 1 aliphatic heterocycles. The zero-order chi connectivity index (χ0) is 46.3. The van der Waals surface area contributed by atoms with Gasteiger partial charge in [0, 0.05) is 23.1 Å². The largest absolute Gasteiger partial charge is 0.493 e. The second-order valence-corrected chi connectivity index (χ2v) is 20.2. The molecule has 2 nitrogen and oxygen atoms in total. The number of hydrogen-bond donors (Lipinski definition) is 0. The van der Waals surface area contributed by atoms with E-state index in [1.54, 1.807) is 0 Å². The Bertz CT molecular complexity index is 1630. The average Bonchev–Trinajstić information content (AvgIpc) is 3.60. The zero-order valence-corrected chi connectivity index (χ0v) is 43.5. The van der Waals surface area contributed by atoms with Gasteiger partial charge in [-0.3, -0.25) is 0 Å². The lowest BCUT2D eigenvalue weighted by atomic mass is 9.93. The van der Waals surface area contributed by atoms with E-state index in [1.807, 2.05) is 0 Å². The van der Waals surface area contributed by atoms with E-state index in [-0.39, 0.29) is 0 Å². The van der Waals surface area contributed by atoms with Gasteiger partial charge in [-0.15, -0.1) is 0 Å². The highest BCUT2D eigenvalue weighted by Gasteiger charge is 2.35. The summed E-state index contributed by atoms with van der Waals surface area (Å²) in [4.78, 5) is 0. The van der Waals surface area contributed by atoms with Gasteiger partial charge < -0.3 is 5.53 Å². The lowest BCUT2D eigenvalue weighted by molar-refractivity contribution is -0.345. The molecular weight excluding hydrogens is 785 g/mol. The van der Waals surface area contributed by atoms with E-state index in [1.165, 1.54) is 246 Å². The number of hydrogen-bond acceptors (Lipinski definition) is 0. The zero-order valence-electron chi connectivity index (χ0n) is 43.5. The molecule has 65 heavy (non-hydrogen) atoms. The lowest BCUT2D eigenvalue weighted by Crippen LogP contribution is -2.03.